The van der Waals surface area contributed by atoms with Crippen molar-refractivity contribution in [2.75, 3.05) is 51.8 Å². The Labute approximate surface area is 239 Å². The quantitative estimate of drug-likeness (QED) is 0.189. The zero-order valence-electron chi connectivity index (χ0n) is 21.9. The number of fused-ring (bicyclic) bond motifs is 1. The van der Waals surface area contributed by atoms with Gasteiger partial charge in [-0.25, -0.2) is 0 Å². The topological polar surface area (TPSA) is 69.4 Å². The number of anilines is 1. The van der Waals surface area contributed by atoms with Crippen LogP contribution in [-0.2, 0) is 10.5 Å². The molecule has 0 aliphatic carbocycles. The molecule has 0 bridgehead atoms. The molecule has 0 radical (unpaired) electrons. The van der Waals surface area contributed by atoms with Crippen LogP contribution in [0.25, 0.3) is 10.9 Å². The molecule has 1 fully saturated rings. The Morgan fingerprint density at radius 3 is 2.61 bits per heavy atom. The fourth-order valence-corrected chi connectivity index (χ4v) is 6.18. The van der Waals surface area contributed by atoms with E-state index in [1.54, 1.807) is 11.3 Å². The number of aromatic amines is 1. The monoisotopic (exact) mass is 568 g/mol. The van der Waals surface area contributed by atoms with Crippen LogP contribution in [0.5, 0.6) is 0 Å². The van der Waals surface area contributed by atoms with E-state index in [-0.39, 0.29) is 5.91 Å². The highest BCUT2D eigenvalue weighted by atomic mass is 32.2. The van der Waals surface area contributed by atoms with Gasteiger partial charge < -0.3 is 20.4 Å². The number of hydrogen-bond donors (Lipinski definition) is 4. The second kappa shape index (κ2) is 14.6. The molecule has 2 aromatic carbocycles. The molecule has 5 rings (SSSR count). The van der Waals surface area contributed by atoms with Crippen LogP contribution in [0.3, 0.4) is 0 Å². The summed E-state index contributed by atoms with van der Waals surface area (Å²) in [5, 5.41) is 9.73. The van der Waals surface area contributed by atoms with E-state index in [0.717, 1.165) is 65.0 Å². The number of nitrogens with one attached hydrogen (secondary N) is 3. The Kier molecular flexibility index (Phi) is 11.0. The second-order valence-electron chi connectivity index (χ2n) is 9.20. The maximum absolute atomic E-state index is 13.0. The molecule has 1 saturated heterocycles. The number of carbonyl (C=O) groups excluding carboxylic acids is 1. The second-order valence-corrected chi connectivity index (χ2v) is 12.2. The molecule has 0 spiro atoms. The summed E-state index contributed by atoms with van der Waals surface area (Å²) in [7, 11) is 1.90. The number of thioether (sulfide) groups is 1. The van der Waals surface area contributed by atoms with Crippen LogP contribution in [0.2, 0.25) is 0 Å². The zero-order valence-corrected chi connectivity index (χ0v) is 24.4. The van der Waals surface area contributed by atoms with Gasteiger partial charge in [0, 0.05) is 49.6 Å². The van der Waals surface area contributed by atoms with Crippen LogP contribution < -0.4 is 10.6 Å². The van der Waals surface area contributed by atoms with Gasteiger partial charge in [0.25, 0.3) is 5.91 Å². The SMILES string of the molecule is CNc1cc(C)cc2cc(C(=O)NCC(CN3CCOCC3)SCc3ccccc3)[nH]c12.Sc1cccs1. The molecule has 4 aromatic rings. The van der Waals surface area contributed by atoms with Gasteiger partial charge in [-0.05, 0) is 47.7 Å². The lowest BCUT2D eigenvalue weighted by Gasteiger charge is -2.30. The molecule has 3 heterocycles. The molecular formula is C29H36N4O2S3. The summed E-state index contributed by atoms with van der Waals surface area (Å²) in [6.45, 7) is 7.09. The first-order valence-electron chi connectivity index (χ1n) is 12.8. The summed E-state index contributed by atoms with van der Waals surface area (Å²) < 4.78 is 6.57. The van der Waals surface area contributed by atoms with Crippen LogP contribution in [0.1, 0.15) is 21.6 Å². The van der Waals surface area contributed by atoms with Crippen molar-refractivity contribution < 1.29 is 9.53 Å². The van der Waals surface area contributed by atoms with Crippen molar-refractivity contribution in [3.8, 4) is 0 Å². The first-order valence-corrected chi connectivity index (χ1v) is 15.2. The van der Waals surface area contributed by atoms with Crippen molar-refractivity contribution in [3.05, 3.63) is 82.9 Å². The number of thiophene rings is 1. The number of aromatic nitrogens is 1. The minimum absolute atomic E-state index is 0.0619. The van der Waals surface area contributed by atoms with Gasteiger partial charge in [-0.1, -0.05) is 36.4 Å². The molecule has 6 nitrogen and oxygen atoms in total. The van der Waals surface area contributed by atoms with Crippen molar-refractivity contribution in [1.29, 1.82) is 0 Å². The van der Waals surface area contributed by atoms with E-state index in [1.165, 1.54) is 5.56 Å². The number of carbonyl (C=O) groups is 1. The number of morpholine rings is 1. The van der Waals surface area contributed by atoms with Gasteiger partial charge in [0.2, 0.25) is 0 Å². The predicted octanol–water partition coefficient (Wildman–Crippen LogP) is 5.92. The van der Waals surface area contributed by atoms with E-state index < -0.39 is 0 Å². The van der Waals surface area contributed by atoms with Crippen molar-refractivity contribution in [1.82, 2.24) is 15.2 Å². The molecular weight excluding hydrogens is 533 g/mol. The molecule has 1 atom stereocenters. The summed E-state index contributed by atoms with van der Waals surface area (Å²) >= 11 is 7.60. The van der Waals surface area contributed by atoms with Gasteiger partial charge in [-0.2, -0.15) is 11.8 Å². The Morgan fingerprint density at radius 2 is 1.95 bits per heavy atom. The maximum Gasteiger partial charge on any atom is 0.267 e. The van der Waals surface area contributed by atoms with Crippen LogP contribution in [-0.4, -0.2) is 67.5 Å². The van der Waals surface area contributed by atoms with Gasteiger partial charge in [-0.3, -0.25) is 9.69 Å². The standard InChI is InChI=1S/C25H32N4O2S.C4H4S2/c1-18-12-20-14-23(28-24(20)22(13-18)26-2)25(30)27-15-21(16-29-8-10-31-11-9-29)32-17-19-6-4-3-5-7-19;5-4-2-1-3-6-4/h3-7,12-14,21,26,28H,8-11,15-17H2,1-2H3,(H,27,30);1-3,5H. The average molecular weight is 569 g/mol. The molecule has 1 aliphatic heterocycles. The first-order chi connectivity index (χ1) is 18.5. The minimum Gasteiger partial charge on any atom is -0.386 e. The lowest BCUT2D eigenvalue weighted by molar-refractivity contribution is 0.0381. The smallest absolute Gasteiger partial charge is 0.267 e. The van der Waals surface area contributed by atoms with Gasteiger partial charge in [0.15, 0.2) is 0 Å². The summed E-state index contributed by atoms with van der Waals surface area (Å²) in [5.41, 5.74) is 5.03. The van der Waals surface area contributed by atoms with Crippen LogP contribution in [0, 0.1) is 6.92 Å². The number of thiol groups is 1. The predicted molar refractivity (Wildman–Crippen MR) is 165 cm³/mol. The molecule has 1 unspecified atom stereocenters. The summed E-state index contributed by atoms with van der Waals surface area (Å²) in [6.07, 6.45) is 0. The summed E-state index contributed by atoms with van der Waals surface area (Å²) in [5.74, 6) is 0.872. The van der Waals surface area contributed by atoms with Gasteiger partial charge >= 0.3 is 0 Å². The summed E-state index contributed by atoms with van der Waals surface area (Å²) in [4.78, 5) is 18.7. The van der Waals surface area contributed by atoms with Crippen molar-refractivity contribution >= 4 is 58.2 Å². The van der Waals surface area contributed by atoms with E-state index in [4.69, 9.17) is 4.74 Å². The van der Waals surface area contributed by atoms with Crippen molar-refractivity contribution in [2.24, 2.45) is 0 Å². The maximum atomic E-state index is 13.0. The highest BCUT2D eigenvalue weighted by Gasteiger charge is 2.19. The van der Waals surface area contributed by atoms with E-state index in [1.807, 2.05) is 48.5 Å². The molecule has 2 aromatic heterocycles. The normalized spacial score (nSPS) is 14.5. The number of hydrogen-bond acceptors (Lipinski definition) is 7. The Morgan fingerprint density at radius 1 is 1.16 bits per heavy atom. The Bertz CT molecular complexity index is 1270. The third-order valence-corrected chi connectivity index (χ3v) is 8.70. The minimum atomic E-state index is -0.0619. The summed E-state index contributed by atoms with van der Waals surface area (Å²) in [6, 6.07) is 20.6. The van der Waals surface area contributed by atoms with Gasteiger partial charge in [-0.15, -0.1) is 24.0 Å². The van der Waals surface area contributed by atoms with Crippen LogP contribution >= 0.6 is 35.7 Å². The lowest BCUT2D eigenvalue weighted by Crippen LogP contribution is -2.43. The van der Waals surface area contributed by atoms with Crippen molar-refractivity contribution in [3.63, 3.8) is 0 Å². The number of nitrogens with zero attached hydrogens (tertiary/aromatic N) is 1. The molecule has 3 N–H and O–H groups in total. The van der Waals surface area contributed by atoms with Gasteiger partial charge in [0.05, 0.1) is 28.6 Å². The van der Waals surface area contributed by atoms with E-state index in [9.17, 15) is 4.79 Å². The number of benzene rings is 2. The molecule has 1 amide bonds. The Hall–Kier alpha value is -2.43. The average Bonchev–Trinajstić information content (AvgIpc) is 3.60. The van der Waals surface area contributed by atoms with E-state index in [0.29, 0.717) is 17.5 Å². The highest BCUT2D eigenvalue weighted by molar-refractivity contribution is 7.99. The molecule has 38 heavy (non-hydrogen) atoms. The lowest BCUT2D eigenvalue weighted by atomic mass is 10.1. The highest BCUT2D eigenvalue weighted by Crippen LogP contribution is 2.26. The molecule has 202 valence electrons. The number of amides is 1. The number of rotatable bonds is 9. The molecule has 1 aliphatic rings. The van der Waals surface area contributed by atoms with Crippen molar-refractivity contribution in [2.45, 2.75) is 22.1 Å². The number of H-pyrrole nitrogens is 1. The Balaban J connectivity index is 0.000000494. The first kappa shape index (κ1) is 28.6. The van der Waals surface area contributed by atoms with Gasteiger partial charge in [0.1, 0.15) is 5.69 Å². The number of ether oxygens (including phenoxy) is 1. The third-order valence-electron chi connectivity index (χ3n) is 6.28. The largest absolute Gasteiger partial charge is 0.386 e. The molecule has 9 heteroatoms. The van der Waals surface area contributed by atoms with E-state index >= 15 is 0 Å². The van der Waals surface area contributed by atoms with Crippen LogP contribution in [0.4, 0.5) is 5.69 Å². The van der Waals surface area contributed by atoms with E-state index in [2.05, 4.69) is 76.5 Å². The molecule has 0 saturated carbocycles. The zero-order chi connectivity index (χ0) is 26.7. The fourth-order valence-electron chi connectivity index (χ4n) is 4.32. The third kappa shape index (κ3) is 8.54. The number of aryl methyl sites for hydroxylation is 1. The van der Waals surface area contributed by atoms with Crippen LogP contribution in [0.15, 0.2) is 70.3 Å². The fraction of sp³-hybridized carbons (Fsp3) is 0.345.